The molecular formula is C13H12F3N3. The van der Waals surface area contributed by atoms with Crippen molar-refractivity contribution < 1.29 is 13.2 Å². The maximum absolute atomic E-state index is 12.5. The molecule has 0 atom stereocenters. The molecule has 0 radical (unpaired) electrons. The van der Waals surface area contributed by atoms with E-state index in [0.29, 0.717) is 6.54 Å². The molecule has 6 heteroatoms. The van der Waals surface area contributed by atoms with Crippen LogP contribution in [0.4, 0.5) is 19.0 Å². The van der Waals surface area contributed by atoms with Crippen molar-refractivity contribution in [2.24, 2.45) is 0 Å². The number of nitrogens with one attached hydrogen (secondary N) is 1. The Kier molecular flexibility index (Phi) is 3.69. The van der Waals surface area contributed by atoms with Crippen molar-refractivity contribution in [3.63, 3.8) is 0 Å². The maximum Gasteiger partial charge on any atom is 0.416 e. The molecule has 0 amide bonds. The first kappa shape index (κ1) is 13.3. The molecule has 2 rings (SSSR count). The Labute approximate surface area is 108 Å². The second-order valence-corrected chi connectivity index (χ2v) is 4.09. The normalized spacial score (nSPS) is 11.4. The number of aryl methyl sites for hydroxylation is 1. The summed E-state index contributed by atoms with van der Waals surface area (Å²) >= 11 is 0. The summed E-state index contributed by atoms with van der Waals surface area (Å²) in [5, 5.41) is 2.84. The van der Waals surface area contributed by atoms with Crippen LogP contribution < -0.4 is 5.32 Å². The van der Waals surface area contributed by atoms with E-state index in [2.05, 4.69) is 15.3 Å². The molecule has 0 bridgehead atoms. The molecular weight excluding hydrogens is 255 g/mol. The van der Waals surface area contributed by atoms with Crippen LogP contribution in [0, 0.1) is 6.92 Å². The van der Waals surface area contributed by atoms with E-state index >= 15 is 0 Å². The lowest BCUT2D eigenvalue weighted by molar-refractivity contribution is -0.137. The Morgan fingerprint density at radius 3 is 2.58 bits per heavy atom. The monoisotopic (exact) mass is 267 g/mol. The predicted molar refractivity (Wildman–Crippen MR) is 65.5 cm³/mol. The van der Waals surface area contributed by atoms with Gasteiger partial charge in [-0.15, -0.1) is 0 Å². The molecule has 0 aliphatic carbocycles. The van der Waals surface area contributed by atoms with Crippen molar-refractivity contribution in [1.82, 2.24) is 9.97 Å². The van der Waals surface area contributed by atoms with E-state index in [1.54, 1.807) is 6.20 Å². The minimum absolute atomic E-state index is 0.190. The van der Waals surface area contributed by atoms with Crippen LogP contribution in [0.5, 0.6) is 0 Å². The average Bonchev–Trinajstić information content (AvgIpc) is 2.37. The summed E-state index contributed by atoms with van der Waals surface area (Å²) in [7, 11) is 0. The van der Waals surface area contributed by atoms with Crippen LogP contribution in [0.2, 0.25) is 0 Å². The highest BCUT2D eigenvalue weighted by atomic mass is 19.4. The minimum Gasteiger partial charge on any atom is -0.366 e. The van der Waals surface area contributed by atoms with Crippen LogP contribution in [-0.2, 0) is 12.7 Å². The van der Waals surface area contributed by atoms with E-state index in [1.165, 1.54) is 0 Å². The minimum atomic E-state index is -4.36. The molecule has 2 aromatic rings. The van der Waals surface area contributed by atoms with E-state index < -0.39 is 11.7 Å². The number of nitrogens with zero attached hydrogens (tertiary/aromatic N) is 2. The number of halogens is 3. The molecule has 100 valence electrons. The van der Waals surface area contributed by atoms with Crippen molar-refractivity contribution >= 4 is 5.82 Å². The third kappa shape index (κ3) is 3.67. The topological polar surface area (TPSA) is 37.8 Å². The molecule has 0 spiro atoms. The fourth-order valence-corrected chi connectivity index (χ4v) is 1.50. The summed E-state index contributed by atoms with van der Waals surface area (Å²) in [6.07, 6.45) is -1.54. The first-order valence-electron chi connectivity index (χ1n) is 5.64. The fraction of sp³-hybridized carbons (Fsp3) is 0.231. The summed E-state index contributed by atoms with van der Waals surface area (Å²) in [6.45, 7) is 2.24. The lowest BCUT2D eigenvalue weighted by atomic mass is 10.2. The number of hydrogen-bond acceptors (Lipinski definition) is 3. The van der Waals surface area contributed by atoms with Crippen LogP contribution in [0.3, 0.4) is 0 Å². The molecule has 0 unspecified atom stereocenters. The SMILES string of the molecule is Cc1ccc(CNc2cc(C(F)(F)F)ccn2)cn1. The van der Waals surface area contributed by atoms with Crippen LogP contribution in [0.25, 0.3) is 0 Å². The van der Waals surface area contributed by atoms with Crippen LogP contribution in [-0.4, -0.2) is 9.97 Å². The van der Waals surface area contributed by atoms with Crippen LogP contribution in [0.15, 0.2) is 36.7 Å². The van der Waals surface area contributed by atoms with E-state index in [4.69, 9.17) is 0 Å². The Hall–Kier alpha value is -2.11. The number of alkyl halides is 3. The van der Waals surface area contributed by atoms with Gasteiger partial charge in [0.2, 0.25) is 0 Å². The molecule has 2 aromatic heterocycles. The highest BCUT2D eigenvalue weighted by Gasteiger charge is 2.30. The van der Waals surface area contributed by atoms with Gasteiger partial charge in [-0.2, -0.15) is 13.2 Å². The van der Waals surface area contributed by atoms with Gasteiger partial charge in [-0.3, -0.25) is 4.98 Å². The quantitative estimate of drug-likeness (QED) is 0.926. The number of rotatable bonds is 3. The Morgan fingerprint density at radius 2 is 1.95 bits per heavy atom. The predicted octanol–water partition coefficient (Wildman–Crippen LogP) is 3.42. The molecule has 0 aliphatic heterocycles. The van der Waals surface area contributed by atoms with Gasteiger partial charge in [-0.1, -0.05) is 6.07 Å². The summed E-state index contributed by atoms with van der Waals surface area (Å²) in [6, 6.07) is 5.64. The van der Waals surface area contributed by atoms with Crippen molar-refractivity contribution in [2.75, 3.05) is 5.32 Å². The van der Waals surface area contributed by atoms with Gasteiger partial charge in [0.25, 0.3) is 0 Å². The molecule has 1 N–H and O–H groups in total. The van der Waals surface area contributed by atoms with Gasteiger partial charge in [0.15, 0.2) is 0 Å². The standard InChI is InChI=1S/C13H12F3N3/c1-9-2-3-10(7-18-9)8-19-12-6-11(4-5-17-12)13(14,15)16/h2-7H,8H2,1H3,(H,17,19). The third-order valence-electron chi connectivity index (χ3n) is 2.53. The molecule has 0 aliphatic rings. The van der Waals surface area contributed by atoms with Gasteiger partial charge in [-0.05, 0) is 30.7 Å². The Bertz CT molecular complexity index is 550. The zero-order valence-electron chi connectivity index (χ0n) is 10.2. The average molecular weight is 267 g/mol. The van der Waals surface area contributed by atoms with Gasteiger partial charge in [0, 0.05) is 24.6 Å². The smallest absolute Gasteiger partial charge is 0.366 e. The number of anilines is 1. The van der Waals surface area contributed by atoms with Gasteiger partial charge < -0.3 is 5.32 Å². The Morgan fingerprint density at radius 1 is 1.16 bits per heavy atom. The lowest BCUT2D eigenvalue weighted by Gasteiger charge is -2.09. The highest BCUT2D eigenvalue weighted by Crippen LogP contribution is 2.29. The first-order valence-corrected chi connectivity index (χ1v) is 5.64. The van der Waals surface area contributed by atoms with E-state index in [0.717, 1.165) is 29.6 Å². The van der Waals surface area contributed by atoms with E-state index in [-0.39, 0.29) is 5.82 Å². The molecule has 0 saturated heterocycles. The lowest BCUT2D eigenvalue weighted by Crippen LogP contribution is -2.07. The summed E-state index contributed by atoms with van der Waals surface area (Å²) in [5.41, 5.74) is 1.05. The molecule has 19 heavy (non-hydrogen) atoms. The number of aromatic nitrogens is 2. The van der Waals surface area contributed by atoms with Gasteiger partial charge in [0.05, 0.1) is 5.56 Å². The van der Waals surface area contributed by atoms with Crippen LogP contribution >= 0.6 is 0 Å². The van der Waals surface area contributed by atoms with Crippen molar-refractivity contribution in [1.29, 1.82) is 0 Å². The molecule has 3 nitrogen and oxygen atoms in total. The van der Waals surface area contributed by atoms with Crippen molar-refractivity contribution in [3.05, 3.63) is 53.5 Å². The number of hydrogen-bond donors (Lipinski definition) is 1. The van der Waals surface area contributed by atoms with Gasteiger partial charge in [0.1, 0.15) is 5.82 Å². The molecule has 0 saturated carbocycles. The third-order valence-corrected chi connectivity index (χ3v) is 2.53. The zero-order chi connectivity index (χ0) is 13.9. The van der Waals surface area contributed by atoms with Gasteiger partial charge in [-0.25, -0.2) is 4.98 Å². The van der Waals surface area contributed by atoms with Crippen molar-refractivity contribution in [3.8, 4) is 0 Å². The van der Waals surface area contributed by atoms with Crippen LogP contribution in [0.1, 0.15) is 16.8 Å². The zero-order valence-corrected chi connectivity index (χ0v) is 10.2. The number of pyridine rings is 2. The summed E-state index contributed by atoms with van der Waals surface area (Å²) in [4.78, 5) is 7.96. The Balaban J connectivity index is 2.05. The molecule has 0 aromatic carbocycles. The van der Waals surface area contributed by atoms with E-state index in [1.807, 2.05) is 19.1 Å². The maximum atomic E-state index is 12.5. The van der Waals surface area contributed by atoms with Gasteiger partial charge >= 0.3 is 6.18 Å². The highest BCUT2D eigenvalue weighted by molar-refractivity contribution is 5.39. The van der Waals surface area contributed by atoms with Crippen molar-refractivity contribution in [2.45, 2.75) is 19.6 Å². The molecule has 0 fully saturated rings. The molecule has 2 heterocycles. The second kappa shape index (κ2) is 5.26. The largest absolute Gasteiger partial charge is 0.416 e. The summed E-state index contributed by atoms with van der Waals surface area (Å²) < 4.78 is 37.5. The van der Waals surface area contributed by atoms with E-state index in [9.17, 15) is 13.2 Å². The summed E-state index contributed by atoms with van der Waals surface area (Å²) in [5.74, 6) is 0.190. The fourth-order valence-electron chi connectivity index (χ4n) is 1.50. The second-order valence-electron chi connectivity index (χ2n) is 4.09. The first-order chi connectivity index (χ1) is 8.95.